The lowest BCUT2D eigenvalue weighted by Crippen LogP contribution is -2.31. The molecule has 4 nitrogen and oxygen atoms in total. The molecule has 8 heteroatoms. The number of aliphatic hydroxyl groups is 1. The summed E-state index contributed by atoms with van der Waals surface area (Å²) in [6.07, 6.45) is -3.28. The third kappa shape index (κ3) is 4.07. The maximum absolute atomic E-state index is 13.0. The largest absolute Gasteiger partial charge is 0.435 e. The maximum Gasteiger partial charge on any atom is 0.435 e. The Bertz CT molecular complexity index is 703. The number of aliphatic hydroxyl groups excluding tert-OH is 1. The first kappa shape index (κ1) is 17.6. The lowest BCUT2D eigenvalue weighted by molar-refractivity contribution is -0.141. The van der Waals surface area contributed by atoms with Crippen molar-refractivity contribution < 1.29 is 22.7 Å². The molecule has 1 aromatic heterocycles. The lowest BCUT2D eigenvalue weighted by Gasteiger charge is -2.27. The normalized spacial score (nSPS) is 19.2. The van der Waals surface area contributed by atoms with E-state index in [9.17, 15) is 22.7 Å². The summed E-state index contributed by atoms with van der Waals surface area (Å²) >= 11 is 0. The zero-order valence-electron chi connectivity index (χ0n) is 13.2. The molecule has 0 bridgehead atoms. The van der Waals surface area contributed by atoms with Gasteiger partial charge in [0.05, 0.1) is 6.10 Å². The minimum atomic E-state index is -4.52. The first-order chi connectivity index (χ1) is 11.8. The molecule has 0 radical (unpaired) electrons. The molecule has 0 aliphatic carbocycles. The molecule has 134 valence electrons. The molecule has 0 amide bonds. The number of aromatic nitrogens is 2. The Hall–Kier alpha value is -2.22. The molecule has 2 aromatic rings. The van der Waals surface area contributed by atoms with Crippen molar-refractivity contribution in [3.8, 4) is 0 Å². The van der Waals surface area contributed by atoms with E-state index in [4.69, 9.17) is 0 Å². The fourth-order valence-corrected chi connectivity index (χ4v) is 3.09. The summed E-state index contributed by atoms with van der Waals surface area (Å²) in [4.78, 5) is 1.86. The SMILES string of the molecule is OC(CC1CCCN1c1ccc(C(F)(F)F)nn1)c1ccc(F)cc1. The molecule has 25 heavy (non-hydrogen) atoms. The van der Waals surface area contributed by atoms with Crippen molar-refractivity contribution in [3.05, 3.63) is 53.5 Å². The summed E-state index contributed by atoms with van der Waals surface area (Å²) in [6.45, 7) is 0.640. The summed E-state index contributed by atoms with van der Waals surface area (Å²) < 4.78 is 50.7. The molecule has 2 unspecified atom stereocenters. The number of benzene rings is 1. The van der Waals surface area contributed by atoms with E-state index >= 15 is 0 Å². The molecule has 2 atom stereocenters. The van der Waals surface area contributed by atoms with Crippen molar-refractivity contribution in [3.63, 3.8) is 0 Å². The summed E-state index contributed by atoms with van der Waals surface area (Å²) in [5, 5.41) is 17.3. The van der Waals surface area contributed by atoms with Gasteiger partial charge in [-0.25, -0.2) is 4.39 Å². The van der Waals surface area contributed by atoms with Crippen molar-refractivity contribution >= 4 is 5.82 Å². The second-order valence-electron chi connectivity index (χ2n) is 6.07. The van der Waals surface area contributed by atoms with E-state index in [1.165, 1.54) is 30.3 Å². The van der Waals surface area contributed by atoms with E-state index in [2.05, 4.69) is 10.2 Å². The lowest BCUT2D eigenvalue weighted by atomic mass is 10.0. The second-order valence-corrected chi connectivity index (χ2v) is 6.07. The van der Waals surface area contributed by atoms with Crippen LogP contribution in [0.25, 0.3) is 0 Å². The fraction of sp³-hybridized carbons (Fsp3) is 0.412. The van der Waals surface area contributed by atoms with Crippen LogP contribution in [-0.2, 0) is 6.18 Å². The first-order valence-electron chi connectivity index (χ1n) is 7.95. The Morgan fingerprint density at radius 3 is 2.44 bits per heavy atom. The molecule has 3 rings (SSSR count). The van der Waals surface area contributed by atoms with Gasteiger partial charge >= 0.3 is 6.18 Å². The number of anilines is 1. The highest BCUT2D eigenvalue weighted by molar-refractivity contribution is 5.40. The average Bonchev–Trinajstić information content (AvgIpc) is 3.03. The van der Waals surface area contributed by atoms with Gasteiger partial charge in [-0.15, -0.1) is 10.2 Å². The van der Waals surface area contributed by atoms with Crippen LogP contribution in [0.15, 0.2) is 36.4 Å². The van der Waals surface area contributed by atoms with Crippen LogP contribution in [0.1, 0.15) is 36.6 Å². The van der Waals surface area contributed by atoms with Crippen molar-refractivity contribution in [2.45, 2.75) is 37.6 Å². The van der Waals surface area contributed by atoms with Crippen LogP contribution in [0, 0.1) is 5.82 Å². The van der Waals surface area contributed by atoms with E-state index in [0.29, 0.717) is 24.3 Å². The van der Waals surface area contributed by atoms with Gasteiger partial charge in [0.1, 0.15) is 5.82 Å². The Balaban J connectivity index is 1.71. The van der Waals surface area contributed by atoms with Crippen LogP contribution in [0.3, 0.4) is 0 Å². The van der Waals surface area contributed by atoms with E-state index < -0.39 is 18.0 Å². The van der Waals surface area contributed by atoms with Crippen molar-refractivity contribution in [2.75, 3.05) is 11.4 Å². The summed E-state index contributed by atoms with van der Waals surface area (Å²) in [6, 6.07) is 7.77. The predicted octanol–water partition coefficient (Wildman–Crippen LogP) is 3.73. The van der Waals surface area contributed by atoms with Gasteiger partial charge in [-0.2, -0.15) is 13.2 Å². The molecule has 1 aliphatic rings. The fourth-order valence-electron chi connectivity index (χ4n) is 3.09. The number of alkyl halides is 3. The third-order valence-corrected chi connectivity index (χ3v) is 4.36. The smallest absolute Gasteiger partial charge is 0.388 e. The van der Waals surface area contributed by atoms with Gasteiger partial charge in [0.2, 0.25) is 0 Å². The molecule has 1 saturated heterocycles. The van der Waals surface area contributed by atoms with E-state index in [-0.39, 0.29) is 11.9 Å². The van der Waals surface area contributed by atoms with Gasteiger partial charge in [-0.3, -0.25) is 0 Å². The molecule has 1 fully saturated rings. The minimum Gasteiger partial charge on any atom is -0.388 e. The number of nitrogens with zero attached hydrogens (tertiary/aromatic N) is 3. The highest BCUT2D eigenvalue weighted by Crippen LogP contribution is 2.32. The molecule has 2 heterocycles. The number of hydrogen-bond acceptors (Lipinski definition) is 4. The van der Waals surface area contributed by atoms with Crippen molar-refractivity contribution in [2.24, 2.45) is 0 Å². The zero-order valence-corrected chi connectivity index (χ0v) is 13.2. The Morgan fingerprint density at radius 2 is 1.84 bits per heavy atom. The van der Waals surface area contributed by atoms with Crippen LogP contribution >= 0.6 is 0 Å². The summed E-state index contributed by atoms with van der Waals surface area (Å²) in [7, 11) is 0. The van der Waals surface area contributed by atoms with Crippen LogP contribution < -0.4 is 4.90 Å². The van der Waals surface area contributed by atoms with E-state index in [0.717, 1.165) is 18.9 Å². The van der Waals surface area contributed by atoms with E-state index in [1.807, 2.05) is 4.90 Å². The quantitative estimate of drug-likeness (QED) is 0.849. The van der Waals surface area contributed by atoms with Crippen LogP contribution in [0.2, 0.25) is 0 Å². The topological polar surface area (TPSA) is 49.2 Å². The number of hydrogen-bond donors (Lipinski definition) is 1. The molecule has 1 N–H and O–H groups in total. The summed E-state index contributed by atoms with van der Waals surface area (Å²) in [5.41, 5.74) is -0.426. The molecule has 1 aliphatic heterocycles. The molecular formula is C17H17F4N3O. The van der Waals surface area contributed by atoms with Gasteiger partial charge in [0, 0.05) is 12.6 Å². The molecule has 0 saturated carbocycles. The standard InChI is InChI=1S/C17H17F4N3O/c18-12-5-3-11(4-6-12)14(25)10-13-2-1-9-24(13)16-8-7-15(22-23-16)17(19,20)21/h3-8,13-14,25H,1-2,9-10H2. The highest BCUT2D eigenvalue weighted by Gasteiger charge is 2.34. The Labute approximate surface area is 142 Å². The zero-order chi connectivity index (χ0) is 18.0. The van der Waals surface area contributed by atoms with Gasteiger partial charge in [-0.1, -0.05) is 12.1 Å². The van der Waals surface area contributed by atoms with E-state index in [1.54, 1.807) is 0 Å². The number of rotatable bonds is 4. The Kier molecular flexibility index (Phi) is 4.89. The van der Waals surface area contributed by atoms with Crippen LogP contribution in [-0.4, -0.2) is 27.9 Å². The van der Waals surface area contributed by atoms with Crippen LogP contribution in [0.4, 0.5) is 23.4 Å². The maximum atomic E-state index is 13.0. The molecular weight excluding hydrogens is 338 g/mol. The van der Waals surface area contributed by atoms with Crippen molar-refractivity contribution in [1.29, 1.82) is 0 Å². The van der Waals surface area contributed by atoms with Crippen molar-refractivity contribution in [1.82, 2.24) is 10.2 Å². The average molecular weight is 355 g/mol. The highest BCUT2D eigenvalue weighted by atomic mass is 19.4. The van der Waals surface area contributed by atoms with Crippen LogP contribution in [0.5, 0.6) is 0 Å². The second kappa shape index (κ2) is 6.95. The monoisotopic (exact) mass is 355 g/mol. The molecule has 1 aromatic carbocycles. The minimum absolute atomic E-state index is 0.0638. The van der Waals surface area contributed by atoms with Gasteiger partial charge in [-0.05, 0) is 49.1 Å². The van der Waals surface area contributed by atoms with Gasteiger partial charge in [0.15, 0.2) is 11.5 Å². The predicted molar refractivity (Wildman–Crippen MR) is 83.4 cm³/mol. The van der Waals surface area contributed by atoms with Gasteiger partial charge in [0.25, 0.3) is 0 Å². The first-order valence-corrected chi connectivity index (χ1v) is 7.95. The summed E-state index contributed by atoms with van der Waals surface area (Å²) in [5.74, 6) is -0.0136. The molecule has 0 spiro atoms. The van der Waals surface area contributed by atoms with Gasteiger partial charge < -0.3 is 10.0 Å². The Morgan fingerprint density at radius 1 is 1.12 bits per heavy atom. The number of halogens is 4. The third-order valence-electron chi connectivity index (χ3n) is 4.36.